The molecule has 0 aromatic carbocycles. The van der Waals surface area contributed by atoms with Crippen LogP contribution in [0.3, 0.4) is 0 Å². The molecule has 0 spiro atoms. The molecule has 2 aromatic heterocycles. The maximum Gasteiger partial charge on any atom is 0.0927 e. The summed E-state index contributed by atoms with van der Waals surface area (Å²) in [6.07, 6.45) is 5.62. The highest BCUT2D eigenvalue weighted by Gasteiger charge is 2.22. The van der Waals surface area contributed by atoms with E-state index in [4.69, 9.17) is 5.84 Å². The van der Waals surface area contributed by atoms with E-state index in [9.17, 15) is 0 Å². The van der Waals surface area contributed by atoms with Crippen molar-refractivity contribution in [2.45, 2.75) is 39.3 Å². The van der Waals surface area contributed by atoms with Crippen LogP contribution in [0.5, 0.6) is 0 Å². The zero-order chi connectivity index (χ0) is 13.8. The highest BCUT2D eigenvalue weighted by molar-refractivity contribution is 5.28. The Labute approximate surface area is 112 Å². The van der Waals surface area contributed by atoms with Gasteiger partial charge in [-0.05, 0) is 12.8 Å². The van der Waals surface area contributed by atoms with E-state index in [0.717, 1.165) is 36.3 Å². The highest BCUT2D eigenvalue weighted by Crippen LogP contribution is 2.23. The molecule has 19 heavy (non-hydrogen) atoms. The van der Waals surface area contributed by atoms with E-state index in [1.54, 1.807) is 6.20 Å². The van der Waals surface area contributed by atoms with Crippen LogP contribution in [-0.2, 0) is 20.0 Å². The molecular formula is C12H21N7. The largest absolute Gasteiger partial charge is 0.275 e. The Kier molecular flexibility index (Phi) is 4.28. The van der Waals surface area contributed by atoms with Crippen molar-refractivity contribution >= 4 is 0 Å². The lowest BCUT2D eigenvalue weighted by Crippen LogP contribution is -2.31. The van der Waals surface area contributed by atoms with E-state index in [1.807, 2.05) is 22.6 Å². The van der Waals surface area contributed by atoms with Gasteiger partial charge in [0.15, 0.2) is 0 Å². The number of nitrogens with two attached hydrogens (primary N) is 1. The van der Waals surface area contributed by atoms with E-state index < -0.39 is 0 Å². The minimum Gasteiger partial charge on any atom is -0.275 e. The first kappa shape index (κ1) is 13.7. The van der Waals surface area contributed by atoms with Gasteiger partial charge in [0.05, 0.1) is 23.6 Å². The lowest BCUT2D eigenvalue weighted by Gasteiger charge is -2.16. The summed E-state index contributed by atoms with van der Waals surface area (Å²) in [5.74, 6) is 5.74. The predicted octanol–water partition coefficient (Wildman–Crippen LogP) is 0.537. The van der Waals surface area contributed by atoms with Crippen LogP contribution < -0.4 is 11.3 Å². The zero-order valence-corrected chi connectivity index (χ0v) is 11.7. The van der Waals surface area contributed by atoms with Gasteiger partial charge in [-0.3, -0.25) is 10.5 Å². The molecule has 3 N–H and O–H groups in total. The van der Waals surface area contributed by atoms with Crippen LogP contribution in [0.15, 0.2) is 12.4 Å². The van der Waals surface area contributed by atoms with E-state index in [-0.39, 0.29) is 6.04 Å². The molecule has 1 unspecified atom stereocenters. The van der Waals surface area contributed by atoms with Crippen LogP contribution >= 0.6 is 0 Å². The van der Waals surface area contributed by atoms with Crippen LogP contribution in [0.1, 0.15) is 43.3 Å². The Morgan fingerprint density at radius 3 is 2.84 bits per heavy atom. The standard InChI is InChI=1S/C12H21N7/c1-4-6-19-11(7-14-17-19)12(15-13)9-8-18(3)16-10(9)5-2/h7-8,12,15H,4-6,13H2,1-3H3. The van der Waals surface area contributed by atoms with E-state index in [1.165, 1.54) is 0 Å². The molecule has 2 rings (SSSR count). The summed E-state index contributed by atoms with van der Waals surface area (Å²) in [5, 5.41) is 12.5. The van der Waals surface area contributed by atoms with Crippen molar-refractivity contribution in [2.24, 2.45) is 12.9 Å². The number of aromatic nitrogens is 5. The molecular weight excluding hydrogens is 242 g/mol. The van der Waals surface area contributed by atoms with Crippen LogP contribution in [0, 0.1) is 0 Å². The van der Waals surface area contributed by atoms with Crippen LogP contribution in [0.4, 0.5) is 0 Å². The first-order valence-electron chi connectivity index (χ1n) is 6.58. The Morgan fingerprint density at radius 2 is 2.21 bits per heavy atom. The Balaban J connectivity index is 2.40. The second-order valence-corrected chi connectivity index (χ2v) is 4.54. The first-order valence-corrected chi connectivity index (χ1v) is 6.58. The number of hydrogen-bond acceptors (Lipinski definition) is 5. The fraction of sp³-hybridized carbons (Fsp3) is 0.583. The fourth-order valence-corrected chi connectivity index (χ4v) is 2.28. The smallest absolute Gasteiger partial charge is 0.0927 e. The lowest BCUT2D eigenvalue weighted by atomic mass is 10.0. The van der Waals surface area contributed by atoms with Gasteiger partial charge in [0.1, 0.15) is 0 Å². The van der Waals surface area contributed by atoms with E-state index in [0.29, 0.717) is 0 Å². The average Bonchev–Trinajstić information content (AvgIpc) is 2.99. The van der Waals surface area contributed by atoms with Crippen molar-refractivity contribution < 1.29 is 0 Å². The highest BCUT2D eigenvalue weighted by atomic mass is 15.4. The fourth-order valence-electron chi connectivity index (χ4n) is 2.28. The SMILES string of the molecule is CCCn1nncc1C(NN)c1cn(C)nc1CC. The summed E-state index contributed by atoms with van der Waals surface area (Å²) in [7, 11) is 1.91. The van der Waals surface area contributed by atoms with Gasteiger partial charge in [-0.15, -0.1) is 5.10 Å². The first-order chi connectivity index (χ1) is 9.21. The molecule has 0 amide bonds. The van der Waals surface area contributed by atoms with Crippen molar-refractivity contribution in [3.05, 3.63) is 29.3 Å². The maximum absolute atomic E-state index is 5.74. The lowest BCUT2D eigenvalue weighted by molar-refractivity contribution is 0.510. The third-order valence-corrected chi connectivity index (χ3v) is 3.13. The van der Waals surface area contributed by atoms with Crippen molar-refractivity contribution in [1.29, 1.82) is 0 Å². The molecule has 0 saturated carbocycles. The van der Waals surface area contributed by atoms with Crippen LogP contribution in [0.2, 0.25) is 0 Å². The predicted molar refractivity (Wildman–Crippen MR) is 72.1 cm³/mol. The van der Waals surface area contributed by atoms with Gasteiger partial charge in [-0.2, -0.15) is 5.10 Å². The summed E-state index contributed by atoms with van der Waals surface area (Å²) >= 11 is 0. The normalized spacial score (nSPS) is 12.8. The summed E-state index contributed by atoms with van der Waals surface area (Å²) in [4.78, 5) is 0. The second-order valence-electron chi connectivity index (χ2n) is 4.54. The van der Waals surface area contributed by atoms with Crippen LogP contribution in [-0.4, -0.2) is 24.8 Å². The molecule has 0 aliphatic heterocycles. The monoisotopic (exact) mass is 263 g/mol. The molecule has 0 aliphatic carbocycles. The Bertz CT molecular complexity index is 528. The molecule has 104 valence electrons. The molecule has 7 heteroatoms. The molecule has 2 aromatic rings. The topological polar surface area (TPSA) is 86.6 Å². The molecule has 2 heterocycles. The van der Waals surface area contributed by atoms with E-state index >= 15 is 0 Å². The molecule has 1 atom stereocenters. The van der Waals surface area contributed by atoms with Crippen molar-refractivity contribution in [3.8, 4) is 0 Å². The average molecular weight is 263 g/mol. The van der Waals surface area contributed by atoms with Gasteiger partial charge in [0.25, 0.3) is 0 Å². The molecule has 0 radical (unpaired) electrons. The second kappa shape index (κ2) is 5.94. The van der Waals surface area contributed by atoms with E-state index in [2.05, 4.69) is 34.7 Å². The summed E-state index contributed by atoms with van der Waals surface area (Å²) in [6.45, 7) is 5.02. The minimum atomic E-state index is -0.134. The van der Waals surface area contributed by atoms with Gasteiger partial charge in [-0.1, -0.05) is 19.1 Å². The molecule has 0 aliphatic rings. The summed E-state index contributed by atoms with van der Waals surface area (Å²) in [5.41, 5.74) is 5.93. The van der Waals surface area contributed by atoms with Crippen LogP contribution in [0.25, 0.3) is 0 Å². The number of nitrogens with one attached hydrogen (secondary N) is 1. The maximum atomic E-state index is 5.74. The number of hydrazine groups is 1. The third kappa shape index (κ3) is 2.66. The summed E-state index contributed by atoms with van der Waals surface area (Å²) in [6, 6.07) is -0.134. The summed E-state index contributed by atoms with van der Waals surface area (Å²) < 4.78 is 3.70. The van der Waals surface area contributed by atoms with Gasteiger partial charge < -0.3 is 0 Å². The van der Waals surface area contributed by atoms with Gasteiger partial charge in [0, 0.05) is 25.4 Å². The Morgan fingerprint density at radius 1 is 1.42 bits per heavy atom. The van der Waals surface area contributed by atoms with Gasteiger partial charge in [-0.25, -0.2) is 10.1 Å². The van der Waals surface area contributed by atoms with Crippen molar-refractivity contribution in [2.75, 3.05) is 0 Å². The molecule has 0 fully saturated rings. The van der Waals surface area contributed by atoms with Gasteiger partial charge >= 0.3 is 0 Å². The van der Waals surface area contributed by atoms with Gasteiger partial charge in [0.2, 0.25) is 0 Å². The minimum absolute atomic E-state index is 0.134. The third-order valence-electron chi connectivity index (χ3n) is 3.13. The number of aryl methyl sites for hydroxylation is 3. The number of hydrogen-bond donors (Lipinski definition) is 2. The van der Waals surface area contributed by atoms with Crippen molar-refractivity contribution in [3.63, 3.8) is 0 Å². The molecule has 0 saturated heterocycles. The quantitative estimate of drug-likeness (QED) is 0.586. The number of nitrogens with zero attached hydrogens (tertiary/aromatic N) is 5. The number of rotatable bonds is 6. The molecule has 7 nitrogen and oxygen atoms in total. The molecule has 0 bridgehead atoms. The van der Waals surface area contributed by atoms with Crippen molar-refractivity contribution in [1.82, 2.24) is 30.2 Å². The zero-order valence-electron chi connectivity index (χ0n) is 11.7. The Hall–Kier alpha value is -1.73.